The average molecular weight is 393 g/mol. The van der Waals surface area contributed by atoms with E-state index in [9.17, 15) is 9.59 Å². The molecule has 0 heterocycles. The summed E-state index contributed by atoms with van der Waals surface area (Å²) in [5, 5.41) is 6.83. The number of amides is 2. The molecule has 0 aliphatic heterocycles. The lowest BCUT2D eigenvalue weighted by molar-refractivity contribution is -0.141. The van der Waals surface area contributed by atoms with E-state index >= 15 is 0 Å². The second-order valence-electron chi connectivity index (χ2n) is 6.53. The Bertz CT molecular complexity index is 791. The van der Waals surface area contributed by atoms with E-state index in [2.05, 4.69) is 10.6 Å². The third-order valence-corrected chi connectivity index (χ3v) is 4.72. The molecule has 26 heavy (non-hydrogen) atoms. The third kappa shape index (κ3) is 5.48. The van der Waals surface area contributed by atoms with Crippen molar-refractivity contribution in [3.63, 3.8) is 0 Å². The molecule has 0 aliphatic rings. The van der Waals surface area contributed by atoms with Crippen molar-refractivity contribution >= 4 is 35.0 Å². The first-order valence-corrected chi connectivity index (χ1v) is 9.11. The van der Waals surface area contributed by atoms with Crippen LogP contribution in [0.1, 0.15) is 25.0 Å². The van der Waals surface area contributed by atoms with Crippen LogP contribution in [0.5, 0.6) is 0 Å². The molecule has 4 nitrogen and oxygen atoms in total. The SMILES string of the molecule is CC(C)(C(=O)NCCc1cccc(Cl)c1)C(=O)NCc1ccccc1Cl. The molecule has 0 aromatic heterocycles. The van der Waals surface area contributed by atoms with Crippen molar-refractivity contribution in [1.29, 1.82) is 0 Å². The predicted molar refractivity (Wildman–Crippen MR) is 105 cm³/mol. The normalized spacial score (nSPS) is 11.1. The fraction of sp³-hybridized carbons (Fsp3) is 0.300. The van der Waals surface area contributed by atoms with Crippen molar-refractivity contribution in [1.82, 2.24) is 10.6 Å². The lowest BCUT2D eigenvalue weighted by Gasteiger charge is -2.23. The molecule has 138 valence electrons. The zero-order valence-corrected chi connectivity index (χ0v) is 16.3. The van der Waals surface area contributed by atoms with Crippen LogP contribution in [-0.4, -0.2) is 18.4 Å². The summed E-state index contributed by atoms with van der Waals surface area (Å²) in [4.78, 5) is 24.9. The van der Waals surface area contributed by atoms with Gasteiger partial charge in [0.2, 0.25) is 11.8 Å². The smallest absolute Gasteiger partial charge is 0.235 e. The largest absolute Gasteiger partial charge is 0.355 e. The molecule has 2 amide bonds. The molecule has 0 aliphatic carbocycles. The minimum atomic E-state index is -1.18. The molecule has 2 aromatic rings. The molecular formula is C20H22Cl2N2O2. The summed E-state index contributed by atoms with van der Waals surface area (Å²) >= 11 is 12.0. The fourth-order valence-corrected chi connectivity index (χ4v) is 2.79. The number of carbonyl (C=O) groups excluding carboxylic acids is 2. The molecule has 0 saturated heterocycles. The highest BCUT2D eigenvalue weighted by molar-refractivity contribution is 6.31. The Morgan fingerprint density at radius 3 is 2.35 bits per heavy atom. The molecule has 0 bridgehead atoms. The Balaban J connectivity index is 1.85. The zero-order valence-electron chi connectivity index (χ0n) is 14.8. The average Bonchev–Trinajstić information content (AvgIpc) is 2.60. The first kappa shape index (κ1) is 20.3. The van der Waals surface area contributed by atoms with Gasteiger partial charge in [0, 0.05) is 23.1 Å². The number of benzene rings is 2. The Morgan fingerprint density at radius 1 is 0.962 bits per heavy atom. The van der Waals surface area contributed by atoms with Gasteiger partial charge < -0.3 is 10.6 Å². The van der Waals surface area contributed by atoms with Crippen LogP contribution in [0.25, 0.3) is 0 Å². The lowest BCUT2D eigenvalue weighted by Crippen LogP contribution is -2.48. The van der Waals surface area contributed by atoms with Gasteiger partial charge >= 0.3 is 0 Å². The Labute approximate surface area is 163 Å². The first-order valence-electron chi connectivity index (χ1n) is 8.35. The maximum absolute atomic E-state index is 12.4. The summed E-state index contributed by atoms with van der Waals surface area (Å²) in [5.74, 6) is -0.672. The van der Waals surface area contributed by atoms with Gasteiger partial charge in [-0.2, -0.15) is 0 Å². The third-order valence-electron chi connectivity index (χ3n) is 4.12. The molecule has 0 spiro atoms. The van der Waals surface area contributed by atoms with Gasteiger partial charge in [-0.25, -0.2) is 0 Å². The van der Waals surface area contributed by atoms with Gasteiger partial charge in [0.15, 0.2) is 0 Å². The van der Waals surface area contributed by atoms with Crippen molar-refractivity contribution in [2.24, 2.45) is 5.41 Å². The van der Waals surface area contributed by atoms with E-state index < -0.39 is 5.41 Å². The molecule has 0 unspecified atom stereocenters. The van der Waals surface area contributed by atoms with E-state index in [1.54, 1.807) is 26.0 Å². The van der Waals surface area contributed by atoms with E-state index in [1.807, 2.05) is 36.4 Å². The molecule has 0 atom stereocenters. The minimum Gasteiger partial charge on any atom is -0.355 e. The molecular weight excluding hydrogens is 371 g/mol. The van der Waals surface area contributed by atoms with Crippen molar-refractivity contribution in [3.05, 3.63) is 69.7 Å². The number of rotatable bonds is 7. The van der Waals surface area contributed by atoms with E-state index in [-0.39, 0.29) is 18.4 Å². The molecule has 6 heteroatoms. The maximum Gasteiger partial charge on any atom is 0.235 e. The van der Waals surface area contributed by atoms with E-state index in [4.69, 9.17) is 23.2 Å². The first-order chi connectivity index (χ1) is 12.3. The highest BCUT2D eigenvalue weighted by Crippen LogP contribution is 2.18. The van der Waals surface area contributed by atoms with Crippen molar-refractivity contribution in [3.8, 4) is 0 Å². The van der Waals surface area contributed by atoms with Gasteiger partial charge in [-0.1, -0.05) is 53.5 Å². The number of halogens is 2. The molecule has 2 aromatic carbocycles. The van der Waals surface area contributed by atoms with E-state index in [0.717, 1.165) is 11.1 Å². The minimum absolute atomic E-state index is 0.276. The van der Waals surface area contributed by atoms with Gasteiger partial charge in [-0.3, -0.25) is 9.59 Å². The van der Waals surface area contributed by atoms with Gasteiger partial charge in [0.05, 0.1) is 0 Å². The number of hydrogen-bond acceptors (Lipinski definition) is 2. The molecule has 0 fully saturated rings. The Morgan fingerprint density at radius 2 is 1.65 bits per heavy atom. The van der Waals surface area contributed by atoms with Crippen LogP contribution in [-0.2, 0) is 22.6 Å². The van der Waals surface area contributed by atoms with Gasteiger partial charge in [0.1, 0.15) is 5.41 Å². The van der Waals surface area contributed by atoms with Crippen molar-refractivity contribution in [2.75, 3.05) is 6.54 Å². The van der Waals surface area contributed by atoms with Gasteiger partial charge in [-0.05, 0) is 49.6 Å². The summed E-state index contributed by atoms with van der Waals surface area (Å²) in [7, 11) is 0. The lowest BCUT2D eigenvalue weighted by atomic mass is 9.91. The highest BCUT2D eigenvalue weighted by Gasteiger charge is 2.35. The molecule has 2 rings (SSSR count). The molecule has 2 N–H and O–H groups in total. The molecule has 0 saturated carbocycles. The van der Waals surface area contributed by atoms with Crippen LogP contribution in [0, 0.1) is 5.41 Å². The van der Waals surface area contributed by atoms with E-state index in [0.29, 0.717) is 23.0 Å². The number of carbonyl (C=O) groups is 2. The topological polar surface area (TPSA) is 58.2 Å². The molecule has 0 radical (unpaired) electrons. The highest BCUT2D eigenvalue weighted by atomic mass is 35.5. The maximum atomic E-state index is 12.4. The second-order valence-corrected chi connectivity index (χ2v) is 7.38. The van der Waals surface area contributed by atoms with Crippen molar-refractivity contribution < 1.29 is 9.59 Å². The van der Waals surface area contributed by atoms with Crippen LogP contribution in [0.2, 0.25) is 10.0 Å². The standard InChI is InChI=1S/C20H22Cl2N2O2/c1-20(2,19(26)24-13-15-7-3-4-9-17(15)22)18(25)23-11-10-14-6-5-8-16(21)12-14/h3-9,12H,10-11,13H2,1-2H3,(H,23,25)(H,24,26). The fourth-order valence-electron chi connectivity index (χ4n) is 2.38. The van der Waals surface area contributed by atoms with Crippen LogP contribution < -0.4 is 10.6 Å². The number of nitrogens with one attached hydrogen (secondary N) is 2. The van der Waals surface area contributed by atoms with Crippen LogP contribution >= 0.6 is 23.2 Å². The van der Waals surface area contributed by atoms with Crippen molar-refractivity contribution in [2.45, 2.75) is 26.8 Å². The monoisotopic (exact) mass is 392 g/mol. The Hall–Kier alpha value is -2.04. The summed E-state index contributed by atoms with van der Waals surface area (Å²) in [6.07, 6.45) is 0.642. The number of hydrogen-bond donors (Lipinski definition) is 2. The summed E-state index contributed by atoms with van der Waals surface area (Å²) in [6, 6.07) is 14.7. The van der Waals surface area contributed by atoms with E-state index in [1.165, 1.54) is 0 Å². The predicted octanol–water partition coefficient (Wildman–Crippen LogP) is 3.99. The Kier molecular flexibility index (Phi) is 7.06. The summed E-state index contributed by atoms with van der Waals surface area (Å²) < 4.78 is 0. The van der Waals surface area contributed by atoms with Gasteiger partial charge in [-0.15, -0.1) is 0 Å². The zero-order chi connectivity index (χ0) is 19.2. The van der Waals surface area contributed by atoms with Gasteiger partial charge in [0.25, 0.3) is 0 Å². The quantitative estimate of drug-likeness (QED) is 0.699. The van der Waals surface area contributed by atoms with Crippen LogP contribution in [0.4, 0.5) is 0 Å². The second kappa shape index (κ2) is 9.06. The summed E-state index contributed by atoms with van der Waals surface area (Å²) in [6.45, 7) is 3.91. The van der Waals surface area contributed by atoms with Crippen LogP contribution in [0.15, 0.2) is 48.5 Å². The van der Waals surface area contributed by atoms with Crippen LogP contribution in [0.3, 0.4) is 0 Å². The summed E-state index contributed by atoms with van der Waals surface area (Å²) in [5.41, 5.74) is 0.647.